The SMILES string of the molecule is Cc1nc(C(C)C)sc1C(=O)Nc1ccccc1CN1CCc2ccccc21. The largest absolute Gasteiger partial charge is 0.367 e. The molecule has 1 amide bonds. The average Bonchev–Trinajstić information content (AvgIpc) is 3.27. The van der Waals surface area contributed by atoms with Crippen LogP contribution in [0.25, 0.3) is 0 Å². The highest BCUT2D eigenvalue weighted by molar-refractivity contribution is 7.14. The maximum absolute atomic E-state index is 12.9. The van der Waals surface area contributed by atoms with Crippen molar-refractivity contribution >= 4 is 28.6 Å². The van der Waals surface area contributed by atoms with Crippen LogP contribution in [0.3, 0.4) is 0 Å². The molecule has 0 spiro atoms. The highest BCUT2D eigenvalue weighted by atomic mass is 32.1. The van der Waals surface area contributed by atoms with Gasteiger partial charge in [0.05, 0.1) is 10.7 Å². The standard InChI is InChI=1S/C23H25N3OS/c1-15(2)23-24-16(3)21(28-23)22(27)25-19-10-6-4-9-18(19)14-26-13-12-17-8-5-7-11-20(17)26/h4-11,15H,12-14H2,1-3H3,(H,25,27). The van der Waals surface area contributed by atoms with Gasteiger partial charge < -0.3 is 10.2 Å². The van der Waals surface area contributed by atoms with Crippen molar-refractivity contribution in [2.24, 2.45) is 0 Å². The van der Waals surface area contributed by atoms with Gasteiger partial charge in [0.15, 0.2) is 0 Å². The second-order valence-corrected chi connectivity index (χ2v) is 8.56. The quantitative estimate of drug-likeness (QED) is 0.634. The summed E-state index contributed by atoms with van der Waals surface area (Å²) in [5.41, 5.74) is 5.49. The van der Waals surface area contributed by atoms with Crippen LogP contribution in [-0.2, 0) is 13.0 Å². The van der Waals surface area contributed by atoms with Crippen LogP contribution < -0.4 is 10.2 Å². The maximum Gasteiger partial charge on any atom is 0.267 e. The lowest BCUT2D eigenvalue weighted by molar-refractivity contribution is 0.102. The van der Waals surface area contributed by atoms with Crippen LogP contribution >= 0.6 is 11.3 Å². The van der Waals surface area contributed by atoms with Crippen LogP contribution in [0.1, 0.15) is 51.3 Å². The molecule has 4 nitrogen and oxygen atoms in total. The molecule has 28 heavy (non-hydrogen) atoms. The Morgan fingerprint density at radius 3 is 2.71 bits per heavy atom. The zero-order valence-electron chi connectivity index (χ0n) is 16.5. The van der Waals surface area contributed by atoms with E-state index in [4.69, 9.17) is 0 Å². The van der Waals surface area contributed by atoms with Gasteiger partial charge in [-0.05, 0) is 36.6 Å². The number of aromatic nitrogens is 1. The molecule has 5 heteroatoms. The van der Waals surface area contributed by atoms with Crippen LogP contribution in [0.4, 0.5) is 11.4 Å². The van der Waals surface area contributed by atoms with Crippen LogP contribution in [0, 0.1) is 6.92 Å². The Kier molecular flexibility index (Phi) is 5.18. The van der Waals surface area contributed by atoms with Gasteiger partial charge in [-0.15, -0.1) is 11.3 Å². The van der Waals surface area contributed by atoms with Gasteiger partial charge in [-0.1, -0.05) is 50.2 Å². The van der Waals surface area contributed by atoms with Crippen molar-refractivity contribution in [3.8, 4) is 0 Å². The molecule has 0 atom stereocenters. The molecule has 0 saturated heterocycles. The third-order valence-corrected chi connectivity index (χ3v) is 6.58. The number of nitrogens with zero attached hydrogens (tertiary/aromatic N) is 2. The third-order valence-electron chi connectivity index (χ3n) is 5.12. The van der Waals surface area contributed by atoms with Crippen molar-refractivity contribution in [1.82, 2.24) is 4.98 Å². The molecule has 0 aliphatic carbocycles. The van der Waals surface area contributed by atoms with E-state index >= 15 is 0 Å². The zero-order chi connectivity index (χ0) is 19.7. The summed E-state index contributed by atoms with van der Waals surface area (Å²) in [6, 6.07) is 16.6. The fourth-order valence-corrected chi connectivity index (χ4v) is 4.58. The molecule has 4 rings (SSSR count). The Hall–Kier alpha value is -2.66. The molecule has 0 fully saturated rings. The Labute approximate surface area is 170 Å². The average molecular weight is 392 g/mol. The number of aryl methyl sites for hydroxylation is 1. The molecule has 0 saturated carbocycles. The summed E-state index contributed by atoms with van der Waals surface area (Å²) in [5.74, 6) is 0.254. The van der Waals surface area contributed by atoms with E-state index in [9.17, 15) is 4.79 Å². The summed E-state index contributed by atoms with van der Waals surface area (Å²) < 4.78 is 0. The number of rotatable bonds is 5. The van der Waals surface area contributed by atoms with E-state index in [1.54, 1.807) is 0 Å². The molecule has 2 aromatic carbocycles. The second kappa shape index (κ2) is 7.76. The first kappa shape index (κ1) is 18.7. The normalized spacial score (nSPS) is 13.1. The number of nitrogens with one attached hydrogen (secondary N) is 1. The Morgan fingerprint density at radius 2 is 1.93 bits per heavy atom. The molecular weight excluding hydrogens is 366 g/mol. The summed E-state index contributed by atoms with van der Waals surface area (Å²) in [6.07, 6.45) is 1.07. The number of anilines is 2. The van der Waals surface area contributed by atoms with Crippen molar-refractivity contribution in [3.63, 3.8) is 0 Å². The Balaban J connectivity index is 1.55. The van der Waals surface area contributed by atoms with Gasteiger partial charge in [0.25, 0.3) is 5.91 Å². The lowest BCUT2D eigenvalue weighted by Gasteiger charge is -2.21. The highest BCUT2D eigenvalue weighted by Gasteiger charge is 2.21. The van der Waals surface area contributed by atoms with E-state index in [1.807, 2.05) is 25.1 Å². The predicted molar refractivity (Wildman–Crippen MR) is 117 cm³/mol. The lowest BCUT2D eigenvalue weighted by Crippen LogP contribution is -2.21. The second-order valence-electron chi connectivity index (χ2n) is 7.53. The van der Waals surface area contributed by atoms with Gasteiger partial charge in [0.1, 0.15) is 4.88 Å². The summed E-state index contributed by atoms with van der Waals surface area (Å²) in [4.78, 5) is 20.5. The molecule has 0 radical (unpaired) electrons. The molecule has 3 aromatic rings. The number of para-hydroxylation sites is 2. The molecule has 1 aromatic heterocycles. The molecule has 1 N–H and O–H groups in total. The molecule has 1 aliphatic rings. The van der Waals surface area contributed by atoms with Gasteiger partial charge >= 0.3 is 0 Å². The number of benzene rings is 2. The van der Waals surface area contributed by atoms with Crippen LogP contribution in [0.5, 0.6) is 0 Å². The van der Waals surface area contributed by atoms with Gasteiger partial charge in [-0.3, -0.25) is 4.79 Å². The number of hydrogen-bond acceptors (Lipinski definition) is 4. The minimum atomic E-state index is -0.0730. The molecule has 1 aliphatic heterocycles. The topological polar surface area (TPSA) is 45.2 Å². The smallest absolute Gasteiger partial charge is 0.267 e. The maximum atomic E-state index is 12.9. The van der Waals surface area contributed by atoms with E-state index in [2.05, 4.69) is 59.4 Å². The summed E-state index contributed by atoms with van der Waals surface area (Å²) in [5, 5.41) is 4.13. The summed E-state index contributed by atoms with van der Waals surface area (Å²) in [7, 11) is 0. The zero-order valence-corrected chi connectivity index (χ0v) is 17.3. The first-order chi connectivity index (χ1) is 13.5. The Morgan fingerprint density at radius 1 is 1.18 bits per heavy atom. The van der Waals surface area contributed by atoms with E-state index in [0.29, 0.717) is 10.8 Å². The predicted octanol–water partition coefficient (Wildman–Crippen LogP) is 5.39. The molecular formula is C23H25N3OS. The number of amides is 1. The molecule has 2 heterocycles. The van der Waals surface area contributed by atoms with Crippen LogP contribution in [0.2, 0.25) is 0 Å². The fourth-order valence-electron chi connectivity index (χ4n) is 3.61. The molecule has 0 bridgehead atoms. The lowest BCUT2D eigenvalue weighted by atomic mass is 10.1. The number of carbonyl (C=O) groups is 1. The van der Waals surface area contributed by atoms with Crippen molar-refractivity contribution in [3.05, 3.63) is 75.2 Å². The number of hydrogen-bond donors (Lipinski definition) is 1. The van der Waals surface area contributed by atoms with Gasteiger partial charge in [0, 0.05) is 30.4 Å². The van der Waals surface area contributed by atoms with Crippen molar-refractivity contribution < 1.29 is 4.79 Å². The minimum Gasteiger partial charge on any atom is -0.367 e. The van der Waals surface area contributed by atoms with Gasteiger partial charge in [-0.25, -0.2) is 4.98 Å². The fraction of sp³-hybridized carbons (Fsp3) is 0.304. The Bertz CT molecular complexity index is 1010. The third kappa shape index (κ3) is 3.67. The van der Waals surface area contributed by atoms with Crippen molar-refractivity contribution in [2.75, 3.05) is 16.8 Å². The van der Waals surface area contributed by atoms with Crippen molar-refractivity contribution in [1.29, 1.82) is 0 Å². The van der Waals surface area contributed by atoms with E-state index < -0.39 is 0 Å². The van der Waals surface area contributed by atoms with E-state index in [-0.39, 0.29) is 5.91 Å². The highest BCUT2D eigenvalue weighted by Crippen LogP contribution is 2.31. The monoisotopic (exact) mass is 391 g/mol. The first-order valence-corrected chi connectivity index (χ1v) is 10.5. The van der Waals surface area contributed by atoms with Gasteiger partial charge in [0.2, 0.25) is 0 Å². The van der Waals surface area contributed by atoms with Crippen LogP contribution in [0.15, 0.2) is 48.5 Å². The van der Waals surface area contributed by atoms with Crippen LogP contribution in [-0.4, -0.2) is 17.4 Å². The van der Waals surface area contributed by atoms with Gasteiger partial charge in [-0.2, -0.15) is 0 Å². The van der Waals surface area contributed by atoms with E-state index in [0.717, 1.165) is 41.5 Å². The number of fused-ring (bicyclic) bond motifs is 1. The van der Waals surface area contributed by atoms with Crippen molar-refractivity contribution in [2.45, 2.75) is 39.7 Å². The molecule has 0 unspecified atom stereocenters. The summed E-state index contributed by atoms with van der Waals surface area (Å²) in [6.45, 7) is 7.90. The summed E-state index contributed by atoms with van der Waals surface area (Å²) >= 11 is 1.49. The number of carbonyl (C=O) groups excluding carboxylic acids is 1. The molecule has 144 valence electrons. The number of thiazole rings is 1. The van der Waals surface area contributed by atoms with E-state index in [1.165, 1.54) is 22.6 Å². The first-order valence-electron chi connectivity index (χ1n) is 9.72. The minimum absolute atomic E-state index is 0.0730.